The lowest BCUT2D eigenvalue weighted by atomic mass is 10.1. The van der Waals surface area contributed by atoms with Gasteiger partial charge in [0.25, 0.3) is 5.91 Å². The third-order valence-electron chi connectivity index (χ3n) is 3.20. The van der Waals surface area contributed by atoms with Crippen molar-refractivity contribution in [1.82, 2.24) is 0 Å². The van der Waals surface area contributed by atoms with Gasteiger partial charge in [0.15, 0.2) is 11.5 Å². The number of anilines is 1. The fraction of sp³-hybridized carbons (Fsp3) is 0.222. The van der Waals surface area contributed by atoms with Gasteiger partial charge in [-0.15, -0.1) is 0 Å². The summed E-state index contributed by atoms with van der Waals surface area (Å²) in [5, 5.41) is 11.6. The lowest BCUT2D eigenvalue weighted by Crippen LogP contribution is -2.12. The molecule has 0 spiro atoms. The number of ether oxygens (including phenoxy) is 2. The maximum atomic E-state index is 12.3. The minimum Gasteiger partial charge on any atom is -0.490 e. The van der Waals surface area contributed by atoms with Crippen LogP contribution >= 0.6 is 0 Å². The van der Waals surface area contributed by atoms with E-state index in [1.807, 2.05) is 13.8 Å². The number of carboxylic acid groups (broad SMARTS) is 1. The number of nitrogens with one attached hydrogen (secondary N) is 1. The summed E-state index contributed by atoms with van der Waals surface area (Å²) in [4.78, 5) is 23.2. The first-order chi connectivity index (χ1) is 11.5. The van der Waals surface area contributed by atoms with Gasteiger partial charge >= 0.3 is 5.97 Å². The van der Waals surface area contributed by atoms with Crippen molar-refractivity contribution in [3.63, 3.8) is 0 Å². The molecule has 1 amide bonds. The molecule has 0 atom stereocenters. The Bertz CT molecular complexity index is 725. The van der Waals surface area contributed by atoms with E-state index in [9.17, 15) is 9.59 Å². The topological polar surface area (TPSA) is 84.9 Å². The lowest BCUT2D eigenvalue weighted by Gasteiger charge is -2.12. The number of carbonyl (C=O) groups excluding carboxylic acids is 1. The second kappa shape index (κ2) is 8.01. The number of carbonyl (C=O) groups is 2. The maximum Gasteiger partial charge on any atom is 0.335 e. The Labute approximate surface area is 140 Å². The van der Waals surface area contributed by atoms with Gasteiger partial charge in [-0.1, -0.05) is 0 Å². The number of carboxylic acids is 1. The van der Waals surface area contributed by atoms with Gasteiger partial charge in [0.1, 0.15) is 0 Å². The van der Waals surface area contributed by atoms with E-state index < -0.39 is 5.97 Å². The van der Waals surface area contributed by atoms with E-state index >= 15 is 0 Å². The Balaban J connectivity index is 2.16. The van der Waals surface area contributed by atoms with Gasteiger partial charge in [0, 0.05) is 11.3 Å². The minimum atomic E-state index is -1.01. The van der Waals surface area contributed by atoms with Crippen LogP contribution in [0, 0.1) is 0 Å². The predicted octanol–water partition coefficient (Wildman–Crippen LogP) is 3.43. The van der Waals surface area contributed by atoms with Crippen LogP contribution in [0.15, 0.2) is 42.5 Å². The molecule has 0 radical (unpaired) electrons. The number of hydrogen-bond donors (Lipinski definition) is 2. The molecule has 2 aromatic carbocycles. The molecule has 24 heavy (non-hydrogen) atoms. The van der Waals surface area contributed by atoms with Crippen molar-refractivity contribution in [2.45, 2.75) is 13.8 Å². The number of benzene rings is 2. The Kier molecular flexibility index (Phi) is 5.78. The molecule has 0 fully saturated rings. The van der Waals surface area contributed by atoms with E-state index in [1.54, 1.807) is 30.3 Å². The van der Waals surface area contributed by atoms with Crippen LogP contribution in [0.1, 0.15) is 34.6 Å². The van der Waals surface area contributed by atoms with E-state index in [2.05, 4.69) is 5.32 Å². The van der Waals surface area contributed by atoms with Crippen molar-refractivity contribution in [2.24, 2.45) is 0 Å². The monoisotopic (exact) mass is 329 g/mol. The Morgan fingerprint density at radius 2 is 1.50 bits per heavy atom. The van der Waals surface area contributed by atoms with Crippen molar-refractivity contribution in [1.29, 1.82) is 0 Å². The molecular formula is C18H19NO5. The molecule has 0 bridgehead atoms. The zero-order chi connectivity index (χ0) is 17.5. The highest BCUT2D eigenvalue weighted by molar-refractivity contribution is 6.04. The number of rotatable bonds is 7. The molecule has 0 aliphatic heterocycles. The van der Waals surface area contributed by atoms with Gasteiger partial charge in [-0.25, -0.2) is 4.79 Å². The molecule has 126 valence electrons. The normalized spacial score (nSPS) is 10.1. The van der Waals surface area contributed by atoms with Gasteiger partial charge < -0.3 is 19.9 Å². The zero-order valence-corrected chi connectivity index (χ0v) is 13.5. The Hall–Kier alpha value is -3.02. The minimum absolute atomic E-state index is 0.160. The Morgan fingerprint density at radius 3 is 2.08 bits per heavy atom. The summed E-state index contributed by atoms with van der Waals surface area (Å²) < 4.78 is 11.0. The second-order valence-electron chi connectivity index (χ2n) is 4.86. The summed E-state index contributed by atoms with van der Waals surface area (Å²) in [5.74, 6) is -0.238. The SMILES string of the molecule is CCOc1ccc(C(=O)Nc2ccc(C(=O)O)cc2)cc1OCC. The molecule has 0 aliphatic rings. The molecular weight excluding hydrogens is 310 g/mol. The molecule has 2 N–H and O–H groups in total. The van der Waals surface area contributed by atoms with Crippen molar-refractivity contribution in [3.8, 4) is 11.5 Å². The summed E-state index contributed by atoms with van der Waals surface area (Å²) in [6, 6.07) is 10.9. The van der Waals surface area contributed by atoms with Crippen molar-refractivity contribution in [3.05, 3.63) is 53.6 Å². The molecule has 2 aromatic rings. The molecule has 6 heteroatoms. The van der Waals surface area contributed by atoms with Crippen molar-refractivity contribution in [2.75, 3.05) is 18.5 Å². The second-order valence-corrected chi connectivity index (χ2v) is 4.86. The lowest BCUT2D eigenvalue weighted by molar-refractivity contribution is 0.0696. The predicted molar refractivity (Wildman–Crippen MR) is 90.1 cm³/mol. The van der Waals surface area contributed by atoms with Gasteiger partial charge in [0.05, 0.1) is 18.8 Å². The quantitative estimate of drug-likeness (QED) is 0.813. The number of amides is 1. The summed E-state index contributed by atoms with van der Waals surface area (Å²) in [6.07, 6.45) is 0. The fourth-order valence-electron chi connectivity index (χ4n) is 2.09. The van der Waals surface area contributed by atoms with E-state index in [0.717, 1.165) is 0 Å². The van der Waals surface area contributed by atoms with Crippen LogP contribution < -0.4 is 14.8 Å². The third-order valence-corrected chi connectivity index (χ3v) is 3.20. The van der Waals surface area contributed by atoms with Crippen LogP contribution in [-0.2, 0) is 0 Å². The summed E-state index contributed by atoms with van der Waals surface area (Å²) >= 11 is 0. The third kappa shape index (κ3) is 4.25. The average Bonchev–Trinajstić information content (AvgIpc) is 2.57. The van der Waals surface area contributed by atoms with Crippen LogP contribution in [-0.4, -0.2) is 30.2 Å². The van der Waals surface area contributed by atoms with E-state index in [0.29, 0.717) is 36.0 Å². The first-order valence-electron chi connectivity index (χ1n) is 7.59. The first-order valence-corrected chi connectivity index (χ1v) is 7.59. The van der Waals surface area contributed by atoms with Gasteiger partial charge in [-0.05, 0) is 56.3 Å². The zero-order valence-electron chi connectivity index (χ0n) is 13.5. The van der Waals surface area contributed by atoms with Crippen LogP contribution in [0.5, 0.6) is 11.5 Å². The largest absolute Gasteiger partial charge is 0.490 e. The number of hydrogen-bond acceptors (Lipinski definition) is 4. The van der Waals surface area contributed by atoms with E-state index in [4.69, 9.17) is 14.6 Å². The Morgan fingerprint density at radius 1 is 0.917 bits per heavy atom. The van der Waals surface area contributed by atoms with Gasteiger partial charge in [-0.2, -0.15) is 0 Å². The first kappa shape index (κ1) is 17.3. The van der Waals surface area contributed by atoms with Crippen LogP contribution in [0.4, 0.5) is 5.69 Å². The highest BCUT2D eigenvalue weighted by Gasteiger charge is 2.12. The number of aromatic carboxylic acids is 1. The van der Waals surface area contributed by atoms with E-state index in [1.165, 1.54) is 12.1 Å². The summed E-state index contributed by atoms with van der Waals surface area (Å²) in [5.41, 5.74) is 1.09. The maximum absolute atomic E-state index is 12.3. The molecule has 0 unspecified atom stereocenters. The smallest absolute Gasteiger partial charge is 0.335 e. The van der Waals surface area contributed by atoms with Crippen LogP contribution in [0.25, 0.3) is 0 Å². The van der Waals surface area contributed by atoms with Crippen molar-refractivity contribution >= 4 is 17.6 Å². The standard InChI is InChI=1S/C18H19NO5/c1-3-23-15-10-7-13(11-16(15)24-4-2)17(20)19-14-8-5-12(6-9-14)18(21)22/h5-11H,3-4H2,1-2H3,(H,19,20)(H,21,22). The summed E-state index contributed by atoms with van der Waals surface area (Å²) in [6.45, 7) is 4.69. The van der Waals surface area contributed by atoms with Gasteiger partial charge in [0.2, 0.25) is 0 Å². The summed E-state index contributed by atoms with van der Waals surface area (Å²) in [7, 11) is 0. The van der Waals surface area contributed by atoms with E-state index in [-0.39, 0.29) is 11.5 Å². The molecule has 2 rings (SSSR count). The van der Waals surface area contributed by atoms with Crippen LogP contribution in [0.2, 0.25) is 0 Å². The average molecular weight is 329 g/mol. The van der Waals surface area contributed by atoms with Crippen molar-refractivity contribution < 1.29 is 24.2 Å². The molecule has 0 saturated heterocycles. The van der Waals surface area contributed by atoms with Gasteiger partial charge in [-0.3, -0.25) is 4.79 Å². The van der Waals surface area contributed by atoms with Crippen LogP contribution in [0.3, 0.4) is 0 Å². The highest BCUT2D eigenvalue weighted by Crippen LogP contribution is 2.28. The molecule has 0 aliphatic carbocycles. The molecule has 0 heterocycles. The molecule has 0 saturated carbocycles. The highest BCUT2D eigenvalue weighted by atomic mass is 16.5. The molecule has 6 nitrogen and oxygen atoms in total. The molecule has 0 aromatic heterocycles. The fourth-order valence-corrected chi connectivity index (χ4v) is 2.09.